The molecule has 0 atom stereocenters. The molecule has 2 aromatic carbocycles. The van der Waals surface area contributed by atoms with Gasteiger partial charge >= 0.3 is 5.97 Å². The van der Waals surface area contributed by atoms with Crippen LogP contribution >= 0.6 is 11.8 Å². The molecule has 0 aliphatic rings. The van der Waals surface area contributed by atoms with Crippen molar-refractivity contribution >= 4 is 23.5 Å². The van der Waals surface area contributed by atoms with Crippen LogP contribution in [0.4, 0.5) is 0 Å². The van der Waals surface area contributed by atoms with Gasteiger partial charge in [0.1, 0.15) is 12.4 Å². The molecule has 0 unspecified atom stereocenters. The van der Waals surface area contributed by atoms with Crippen LogP contribution in [0, 0.1) is 0 Å². The average molecular weight is 406 g/mol. The third-order valence-corrected chi connectivity index (χ3v) is 4.98. The SMILES string of the molecule is COC(=O)CSc1nc2nccc(-c3ccc(OCc4ccccc4)cc3)n2n1. The van der Waals surface area contributed by atoms with Crippen LogP contribution in [0.2, 0.25) is 0 Å². The van der Waals surface area contributed by atoms with E-state index in [9.17, 15) is 4.79 Å². The molecule has 0 amide bonds. The summed E-state index contributed by atoms with van der Waals surface area (Å²) >= 11 is 1.21. The van der Waals surface area contributed by atoms with E-state index in [2.05, 4.69) is 19.8 Å². The third-order valence-electron chi connectivity index (χ3n) is 4.17. The lowest BCUT2D eigenvalue weighted by atomic mass is 10.1. The smallest absolute Gasteiger partial charge is 0.316 e. The van der Waals surface area contributed by atoms with Gasteiger partial charge in [0.15, 0.2) is 0 Å². The molecule has 0 saturated carbocycles. The summed E-state index contributed by atoms with van der Waals surface area (Å²) in [5.41, 5.74) is 2.92. The van der Waals surface area contributed by atoms with Crippen LogP contribution in [-0.4, -0.2) is 38.4 Å². The maximum Gasteiger partial charge on any atom is 0.316 e. The molecule has 2 aromatic heterocycles. The molecule has 7 nitrogen and oxygen atoms in total. The summed E-state index contributed by atoms with van der Waals surface area (Å²) in [5, 5.41) is 4.93. The van der Waals surface area contributed by atoms with Gasteiger partial charge in [-0.05, 0) is 35.9 Å². The highest BCUT2D eigenvalue weighted by Crippen LogP contribution is 2.24. The number of carbonyl (C=O) groups excluding carboxylic acids is 1. The number of thioether (sulfide) groups is 1. The molecule has 0 bridgehead atoms. The first-order chi connectivity index (χ1) is 14.2. The summed E-state index contributed by atoms with van der Waals surface area (Å²) in [4.78, 5) is 19.9. The molecule has 0 aliphatic heterocycles. The Bertz CT molecular complexity index is 1110. The van der Waals surface area contributed by atoms with E-state index in [4.69, 9.17) is 4.74 Å². The van der Waals surface area contributed by atoms with Gasteiger partial charge in [-0.15, -0.1) is 5.10 Å². The summed E-state index contributed by atoms with van der Waals surface area (Å²) in [6.45, 7) is 0.517. The zero-order chi connectivity index (χ0) is 20.1. The van der Waals surface area contributed by atoms with Crippen molar-refractivity contribution in [3.8, 4) is 17.0 Å². The first-order valence-electron chi connectivity index (χ1n) is 8.91. The molecule has 0 saturated heterocycles. The van der Waals surface area contributed by atoms with Crippen molar-refractivity contribution in [3.63, 3.8) is 0 Å². The van der Waals surface area contributed by atoms with Crippen molar-refractivity contribution in [1.29, 1.82) is 0 Å². The Morgan fingerprint density at radius 1 is 1.07 bits per heavy atom. The van der Waals surface area contributed by atoms with Crippen LogP contribution < -0.4 is 4.74 Å². The van der Waals surface area contributed by atoms with Gasteiger partial charge in [0.25, 0.3) is 5.78 Å². The van der Waals surface area contributed by atoms with E-state index in [-0.39, 0.29) is 11.7 Å². The first kappa shape index (κ1) is 18.9. The highest BCUT2D eigenvalue weighted by Gasteiger charge is 2.12. The maximum atomic E-state index is 11.3. The largest absolute Gasteiger partial charge is 0.489 e. The lowest BCUT2D eigenvalue weighted by molar-refractivity contribution is -0.137. The number of carbonyl (C=O) groups is 1. The highest BCUT2D eigenvalue weighted by atomic mass is 32.2. The van der Waals surface area contributed by atoms with Crippen molar-refractivity contribution < 1.29 is 14.3 Å². The van der Waals surface area contributed by atoms with Crippen molar-refractivity contribution in [2.45, 2.75) is 11.8 Å². The lowest BCUT2D eigenvalue weighted by Gasteiger charge is -2.08. The molecule has 0 aliphatic carbocycles. The molecule has 0 fully saturated rings. The number of fused-ring (bicyclic) bond motifs is 1. The number of hydrogen-bond donors (Lipinski definition) is 0. The Balaban J connectivity index is 1.51. The Hall–Kier alpha value is -3.39. The molecular weight excluding hydrogens is 388 g/mol. The van der Waals surface area contributed by atoms with Crippen LogP contribution in [0.25, 0.3) is 17.0 Å². The van der Waals surface area contributed by atoms with Crippen LogP contribution in [0.5, 0.6) is 5.75 Å². The van der Waals surface area contributed by atoms with Crippen molar-refractivity contribution in [3.05, 3.63) is 72.4 Å². The number of nitrogens with zero attached hydrogens (tertiary/aromatic N) is 4. The van der Waals surface area contributed by atoms with E-state index in [0.29, 0.717) is 17.5 Å². The van der Waals surface area contributed by atoms with E-state index < -0.39 is 0 Å². The van der Waals surface area contributed by atoms with E-state index in [0.717, 1.165) is 22.6 Å². The molecule has 29 heavy (non-hydrogen) atoms. The monoisotopic (exact) mass is 406 g/mol. The van der Waals surface area contributed by atoms with Crippen molar-refractivity contribution in [2.24, 2.45) is 0 Å². The molecule has 2 heterocycles. The van der Waals surface area contributed by atoms with E-state index >= 15 is 0 Å². The summed E-state index contributed by atoms with van der Waals surface area (Å²) in [7, 11) is 1.35. The Morgan fingerprint density at radius 3 is 2.62 bits per heavy atom. The number of rotatable bonds is 7. The van der Waals surface area contributed by atoms with Crippen LogP contribution in [-0.2, 0) is 16.1 Å². The minimum Gasteiger partial charge on any atom is -0.489 e. The van der Waals surface area contributed by atoms with Gasteiger partial charge < -0.3 is 9.47 Å². The zero-order valence-corrected chi connectivity index (χ0v) is 16.5. The fraction of sp³-hybridized carbons (Fsp3) is 0.143. The molecule has 0 spiro atoms. The van der Waals surface area contributed by atoms with Gasteiger partial charge in [-0.1, -0.05) is 42.1 Å². The average Bonchev–Trinajstić information content (AvgIpc) is 3.20. The number of ether oxygens (including phenoxy) is 2. The van der Waals surface area contributed by atoms with Gasteiger partial charge in [-0.25, -0.2) is 4.98 Å². The van der Waals surface area contributed by atoms with Crippen molar-refractivity contribution in [2.75, 3.05) is 12.9 Å². The number of hydrogen-bond acceptors (Lipinski definition) is 7. The standard InChI is InChI=1S/C21H18N4O3S/c1-27-19(26)14-29-21-23-20-22-12-11-18(25(20)24-21)16-7-9-17(10-8-16)28-13-15-5-3-2-4-6-15/h2-12H,13-14H2,1H3. The second kappa shape index (κ2) is 8.74. The summed E-state index contributed by atoms with van der Waals surface area (Å²) in [6, 6.07) is 19.7. The predicted molar refractivity (Wildman–Crippen MR) is 110 cm³/mol. The van der Waals surface area contributed by atoms with Crippen LogP contribution in [0.1, 0.15) is 5.56 Å². The number of esters is 1. The third kappa shape index (κ3) is 4.55. The Kier molecular flexibility index (Phi) is 5.71. The Morgan fingerprint density at radius 2 is 1.86 bits per heavy atom. The molecule has 4 aromatic rings. The van der Waals surface area contributed by atoms with Gasteiger partial charge in [0.2, 0.25) is 5.16 Å². The minimum absolute atomic E-state index is 0.149. The van der Waals surface area contributed by atoms with E-state index in [1.807, 2.05) is 60.7 Å². The zero-order valence-electron chi connectivity index (χ0n) is 15.7. The molecule has 0 N–H and O–H groups in total. The highest BCUT2D eigenvalue weighted by molar-refractivity contribution is 7.99. The second-order valence-corrected chi connectivity index (χ2v) is 7.04. The van der Waals surface area contributed by atoms with Crippen LogP contribution in [0.3, 0.4) is 0 Å². The second-order valence-electron chi connectivity index (χ2n) is 6.10. The molecule has 4 rings (SSSR count). The van der Waals surface area contributed by atoms with Crippen LogP contribution in [0.15, 0.2) is 72.0 Å². The first-order valence-corrected chi connectivity index (χ1v) is 9.90. The van der Waals surface area contributed by atoms with E-state index in [1.54, 1.807) is 10.7 Å². The predicted octanol–water partition coefficient (Wildman–Crippen LogP) is 3.64. The Labute approximate surface area is 171 Å². The topological polar surface area (TPSA) is 78.6 Å². The number of aromatic nitrogens is 4. The summed E-state index contributed by atoms with van der Waals surface area (Å²) in [5.74, 6) is 1.08. The maximum absolute atomic E-state index is 11.3. The molecule has 146 valence electrons. The molecule has 8 heteroatoms. The van der Waals surface area contributed by atoms with Gasteiger partial charge in [0.05, 0.1) is 18.6 Å². The van der Waals surface area contributed by atoms with E-state index in [1.165, 1.54) is 18.9 Å². The summed E-state index contributed by atoms with van der Waals surface area (Å²) < 4.78 is 12.2. The normalized spacial score (nSPS) is 10.8. The number of methoxy groups -OCH3 is 1. The number of benzene rings is 2. The quantitative estimate of drug-likeness (QED) is 0.342. The summed E-state index contributed by atoms with van der Waals surface area (Å²) in [6.07, 6.45) is 1.69. The fourth-order valence-corrected chi connectivity index (χ4v) is 3.35. The molecule has 0 radical (unpaired) electrons. The van der Waals surface area contributed by atoms with Gasteiger partial charge in [0, 0.05) is 11.8 Å². The molecular formula is C21H18N4O3S. The van der Waals surface area contributed by atoms with Gasteiger partial charge in [-0.3, -0.25) is 4.79 Å². The van der Waals surface area contributed by atoms with Crippen molar-refractivity contribution in [1.82, 2.24) is 19.6 Å². The lowest BCUT2D eigenvalue weighted by Crippen LogP contribution is -2.03. The van der Waals surface area contributed by atoms with Gasteiger partial charge in [-0.2, -0.15) is 9.50 Å². The fourth-order valence-electron chi connectivity index (χ4n) is 2.70. The minimum atomic E-state index is -0.326.